The molecule has 2 unspecified atom stereocenters. The van der Waals surface area contributed by atoms with Crippen LogP contribution in [0.4, 0.5) is 16.0 Å². The number of halogens is 2. The number of nitrogens with one attached hydrogen (secondary N) is 2. The number of rotatable bonds is 12. The number of hydroxylamine groups is 2. The molecule has 3 atom stereocenters. The second kappa shape index (κ2) is 12.7. The number of carbonyl (C=O) groups is 2. The summed E-state index contributed by atoms with van der Waals surface area (Å²) in [5.74, 6) is -1.31. The Morgan fingerprint density at radius 1 is 1.25 bits per heavy atom. The number of anilines is 2. The summed E-state index contributed by atoms with van der Waals surface area (Å²) in [5, 5.41) is 1.04. The molecule has 4 fully saturated rings. The van der Waals surface area contributed by atoms with E-state index in [1.54, 1.807) is 0 Å². The van der Waals surface area contributed by atoms with Crippen molar-refractivity contribution in [3.05, 3.63) is 11.1 Å². The van der Waals surface area contributed by atoms with Crippen molar-refractivity contribution < 1.29 is 23.6 Å². The highest BCUT2D eigenvalue weighted by atomic mass is 35.5. The number of nitrogens with zero attached hydrogens (tertiary/aromatic N) is 5. The highest BCUT2D eigenvalue weighted by Crippen LogP contribution is 2.55. The normalized spacial score (nSPS) is 24.9. The fourth-order valence-electron chi connectivity index (χ4n) is 6.59. The van der Waals surface area contributed by atoms with E-state index in [4.69, 9.17) is 21.2 Å². The lowest BCUT2D eigenvalue weighted by Crippen LogP contribution is -2.43. The Labute approximate surface area is 240 Å². The van der Waals surface area contributed by atoms with Gasteiger partial charge in [-0.3, -0.25) is 20.4 Å². The standard InChI is InChI=1S/C27H41ClFN7O4/c1-34(2)20-15-35(16-27(20)10-11-27)24-22(29)23(30-26(28)31-24)32-33-25(38)19(13-18-7-3-4-8-18)14-36(17-37)40-21-9-5-6-12-39-21/h17-21H,3-16H2,1-2H3,(H,33,38)(H,30,31,32)/t19-,20?,21?/m0/s1. The number of likely N-dealkylation sites (N-methyl/N-ethyl adjacent to an activating group) is 1. The van der Waals surface area contributed by atoms with Crippen molar-refractivity contribution in [3.8, 4) is 0 Å². The van der Waals surface area contributed by atoms with Crippen LogP contribution in [0.3, 0.4) is 0 Å². The zero-order chi connectivity index (χ0) is 28.3. The molecule has 2 aliphatic heterocycles. The topological polar surface area (TPSA) is 112 Å². The van der Waals surface area contributed by atoms with Crippen LogP contribution in [0.5, 0.6) is 0 Å². The molecule has 2 saturated heterocycles. The second-order valence-electron chi connectivity index (χ2n) is 12.0. The van der Waals surface area contributed by atoms with Crippen molar-refractivity contribution in [3.63, 3.8) is 0 Å². The molecule has 2 N–H and O–H groups in total. The average molecular weight is 582 g/mol. The molecule has 1 aromatic heterocycles. The highest BCUT2D eigenvalue weighted by Gasteiger charge is 2.56. The maximum absolute atomic E-state index is 15.7. The minimum absolute atomic E-state index is 0.0629. The highest BCUT2D eigenvalue weighted by molar-refractivity contribution is 6.28. The smallest absolute Gasteiger partial charge is 0.243 e. The predicted octanol–water partition coefficient (Wildman–Crippen LogP) is 3.36. The van der Waals surface area contributed by atoms with Gasteiger partial charge in [0, 0.05) is 37.6 Å². The Morgan fingerprint density at radius 2 is 2.00 bits per heavy atom. The van der Waals surface area contributed by atoms with Crippen LogP contribution in [0.1, 0.15) is 64.2 Å². The third-order valence-electron chi connectivity index (χ3n) is 8.90. The van der Waals surface area contributed by atoms with E-state index in [2.05, 4.69) is 25.7 Å². The van der Waals surface area contributed by atoms with Gasteiger partial charge < -0.3 is 14.5 Å². The molecule has 2 saturated carbocycles. The van der Waals surface area contributed by atoms with E-state index >= 15 is 4.39 Å². The largest absolute Gasteiger partial charge is 0.352 e. The summed E-state index contributed by atoms with van der Waals surface area (Å²) in [7, 11) is 4.09. The van der Waals surface area contributed by atoms with Gasteiger partial charge >= 0.3 is 0 Å². The fraction of sp³-hybridized carbons (Fsp3) is 0.778. The molecular weight excluding hydrogens is 541 g/mol. The van der Waals surface area contributed by atoms with E-state index in [1.807, 2.05) is 19.0 Å². The quantitative estimate of drug-likeness (QED) is 0.218. The van der Waals surface area contributed by atoms with Gasteiger partial charge in [0.05, 0.1) is 12.5 Å². The van der Waals surface area contributed by atoms with E-state index in [1.165, 1.54) is 0 Å². The zero-order valence-corrected chi connectivity index (χ0v) is 24.2. The van der Waals surface area contributed by atoms with Gasteiger partial charge in [0.1, 0.15) is 0 Å². The lowest BCUT2D eigenvalue weighted by atomic mass is 9.92. The lowest BCUT2D eigenvalue weighted by molar-refractivity contribution is -0.276. The van der Waals surface area contributed by atoms with Gasteiger partial charge in [0.25, 0.3) is 0 Å². The molecule has 11 nitrogen and oxygen atoms in total. The van der Waals surface area contributed by atoms with Crippen LogP contribution in [0.2, 0.25) is 5.28 Å². The molecule has 0 radical (unpaired) electrons. The predicted molar refractivity (Wildman–Crippen MR) is 148 cm³/mol. The van der Waals surface area contributed by atoms with Gasteiger partial charge in [-0.2, -0.15) is 14.4 Å². The molecule has 4 aliphatic rings. The summed E-state index contributed by atoms with van der Waals surface area (Å²) in [6.07, 6.45) is 9.80. The first-order valence-electron chi connectivity index (χ1n) is 14.5. The van der Waals surface area contributed by atoms with Gasteiger partial charge in [0.15, 0.2) is 17.9 Å². The number of ether oxygens (including phenoxy) is 1. The van der Waals surface area contributed by atoms with Crippen LogP contribution in [0.25, 0.3) is 0 Å². The maximum atomic E-state index is 15.7. The first-order valence-corrected chi connectivity index (χ1v) is 14.9. The third kappa shape index (κ3) is 6.78. The second-order valence-corrected chi connectivity index (χ2v) is 12.3. The summed E-state index contributed by atoms with van der Waals surface area (Å²) < 4.78 is 21.3. The van der Waals surface area contributed by atoms with E-state index in [9.17, 15) is 9.59 Å². The molecule has 3 heterocycles. The van der Waals surface area contributed by atoms with Crippen LogP contribution >= 0.6 is 11.6 Å². The molecule has 222 valence electrons. The average Bonchev–Trinajstić information content (AvgIpc) is 3.33. The van der Waals surface area contributed by atoms with Crippen molar-refractivity contribution in [2.45, 2.75) is 76.5 Å². The first kappa shape index (κ1) is 29.2. The summed E-state index contributed by atoms with van der Waals surface area (Å²) in [4.78, 5) is 43.3. The monoisotopic (exact) mass is 581 g/mol. The Kier molecular flexibility index (Phi) is 9.28. The Bertz CT molecular complexity index is 1050. The van der Waals surface area contributed by atoms with Crippen molar-refractivity contribution >= 4 is 35.6 Å². The number of hydrazine groups is 1. The molecular formula is C27H41ClFN7O4. The molecule has 40 heavy (non-hydrogen) atoms. The molecule has 1 aromatic rings. The van der Waals surface area contributed by atoms with E-state index in [0.717, 1.165) is 56.4 Å². The van der Waals surface area contributed by atoms with E-state index < -0.39 is 18.0 Å². The van der Waals surface area contributed by atoms with Crippen LogP contribution in [-0.2, 0) is 19.2 Å². The maximum Gasteiger partial charge on any atom is 0.243 e. The van der Waals surface area contributed by atoms with Gasteiger partial charge in [-0.05, 0) is 63.7 Å². The van der Waals surface area contributed by atoms with Crippen molar-refractivity contribution in [2.24, 2.45) is 17.3 Å². The number of hydrogen-bond acceptors (Lipinski definition) is 9. The molecule has 2 amide bonds. The molecule has 2 aliphatic carbocycles. The molecule has 0 bridgehead atoms. The van der Waals surface area contributed by atoms with Gasteiger partial charge in [0.2, 0.25) is 23.4 Å². The van der Waals surface area contributed by atoms with Crippen LogP contribution in [0, 0.1) is 23.1 Å². The molecule has 1 spiro atoms. The number of carbonyl (C=O) groups excluding carboxylic acids is 2. The Morgan fingerprint density at radius 3 is 2.62 bits per heavy atom. The number of amides is 2. The summed E-state index contributed by atoms with van der Waals surface area (Å²) in [6.45, 7) is 1.98. The van der Waals surface area contributed by atoms with Gasteiger partial charge in [-0.25, -0.2) is 9.90 Å². The third-order valence-corrected chi connectivity index (χ3v) is 9.07. The van der Waals surface area contributed by atoms with Gasteiger partial charge in [-0.15, -0.1) is 0 Å². The molecule has 0 aromatic carbocycles. The molecule has 5 rings (SSSR count). The van der Waals surface area contributed by atoms with Crippen LogP contribution in [0.15, 0.2) is 0 Å². The minimum atomic E-state index is -0.667. The van der Waals surface area contributed by atoms with E-state index in [-0.39, 0.29) is 34.8 Å². The first-order chi connectivity index (χ1) is 19.3. The van der Waals surface area contributed by atoms with Gasteiger partial charge in [-0.1, -0.05) is 25.7 Å². The molecule has 13 heteroatoms. The summed E-state index contributed by atoms with van der Waals surface area (Å²) in [6, 6.07) is 0.301. The fourth-order valence-corrected chi connectivity index (χ4v) is 6.75. The van der Waals surface area contributed by atoms with Crippen LogP contribution in [-0.4, -0.2) is 84.9 Å². The number of hydrogen-bond donors (Lipinski definition) is 2. The van der Waals surface area contributed by atoms with Crippen LogP contribution < -0.4 is 15.8 Å². The minimum Gasteiger partial charge on any atom is -0.352 e. The Hall–Kier alpha value is -2.28. The zero-order valence-electron chi connectivity index (χ0n) is 23.4. The summed E-state index contributed by atoms with van der Waals surface area (Å²) >= 11 is 6.20. The van der Waals surface area contributed by atoms with E-state index in [0.29, 0.717) is 50.9 Å². The summed E-state index contributed by atoms with van der Waals surface area (Å²) in [5.41, 5.74) is 5.41. The van der Waals surface area contributed by atoms with Crippen molar-refractivity contribution in [1.29, 1.82) is 0 Å². The SMILES string of the molecule is CN(C)C1CN(c2nc(Cl)nc(NNC(=O)[C@@H](CC3CCCC3)CN(C=O)OC3CCCCO3)c2F)CC12CC2. The van der Waals surface area contributed by atoms with Crippen molar-refractivity contribution in [2.75, 3.05) is 50.7 Å². The Balaban J connectivity index is 1.25. The number of aromatic nitrogens is 2. The lowest BCUT2D eigenvalue weighted by Gasteiger charge is -2.30. The van der Waals surface area contributed by atoms with Crippen molar-refractivity contribution in [1.82, 2.24) is 25.4 Å².